The molecule has 1 heterocycles. The molecule has 0 aromatic heterocycles. The zero-order valence-corrected chi connectivity index (χ0v) is 17.8. The van der Waals surface area contributed by atoms with E-state index in [1.165, 1.54) is 50.0 Å². The number of para-hydroxylation sites is 1. The second kappa shape index (κ2) is 11.0. The Hall–Kier alpha value is -2.58. The lowest BCUT2D eigenvalue weighted by molar-refractivity contribution is 0.169. The predicted molar refractivity (Wildman–Crippen MR) is 125 cm³/mol. The van der Waals surface area contributed by atoms with Crippen molar-refractivity contribution >= 4 is 0 Å². The molecular formula is C28H33NO. The predicted octanol–water partition coefficient (Wildman–Crippen LogP) is 6.39. The van der Waals surface area contributed by atoms with Gasteiger partial charge >= 0.3 is 0 Å². The minimum atomic E-state index is 0.508. The van der Waals surface area contributed by atoms with Crippen LogP contribution < -0.4 is 4.74 Å². The Labute approximate surface area is 181 Å². The summed E-state index contributed by atoms with van der Waals surface area (Å²) >= 11 is 0. The average Bonchev–Trinajstić information content (AvgIpc) is 2.82. The van der Waals surface area contributed by atoms with Gasteiger partial charge in [-0.2, -0.15) is 0 Å². The van der Waals surface area contributed by atoms with E-state index >= 15 is 0 Å². The summed E-state index contributed by atoms with van der Waals surface area (Å²) in [5.74, 6) is 2.20. The fourth-order valence-electron chi connectivity index (χ4n) is 4.71. The Kier molecular flexibility index (Phi) is 7.57. The van der Waals surface area contributed by atoms with Crippen LogP contribution in [0.4, 0.5) is 0 Å². The molecule has 1 aliphatic heterocycles. The van der Waals surface area contributed by atoms with E-state index in [1.54, 1.807) is 0 Å². The fourth-order valence-corrected chi connectivity index (χ4v) is 4.71. The summed E-state index contributed by atoms with van der Waals surface area (Å²) in [5, 5.41) is 0. The first-order valence-electron chi connectivity index (χ1n) is 11.4. The third-order valence-corrected chi connectivity index (χ3v) is 6.30. The van der Waals surface area contributed by atoms with Crippen molar-refractivity contribution in [2.75, 3.05) is 26.2 Å². The van der Waals surface area contributed by atoms with Crippen molar-refractivity contribution in [1.29, 1.82) is 0 Å². The quantitative estimate of drug-likeness (QED) is 0.387. The summed E-state index contributed by atoms with van der Waals surface area (Å²) in [4.78, 5) is 2.64. The van der Waals surface area contributed by atoms with Crippen molar-refractivity contribution < 1.29 is 4.74 Å². The topological polar surface area (TPSA) is 12.5 Å². The molecule has 0 aliphatic carbocycles. The van der Waals surface area contributed by atoms with Crippen molar-refractivity contribution in [2.24, 2.45) is 5.92 Å². The van der Waals surface area contributed by atoms with Crippen LogP contribution in [-0.2, 0) is 0 Å². The molecule has 1 saturated heterocycles. The molecule has 30 heavy (non-hydrogen) atoms. The standard InChI is InChI=1S/C28H33NO/c1-4-12-24(13-5-1)28(25-14-6-2-7-15-25)26-18-21-29(22-19-26)20-10-11-23-30-27-16-8-3-9-17-27/h1-9,12-17,26,28H,10-11,18-23H2. The highest BCUT2D eigenvalue weighted by Gasteiger charge is 2.28. The van der Waals surface area contributed by atoms with Gasteiger partial charge in [0.1, 0.15) is 5.75 Å². The number of likely N-dealkylation sites (tertiary alicyclic amines) is 1. The molecule has 0 amide bonds. The minimum Gasteiger partial charge on any atom is -0.494 e. The molecule has 0 atom stereocenters. The third kappa shape index (κ3) is 5.73. The van der Waals surface area contributed by atoms with Crippen molar-refractivity contribution in [3.8, 4) is 5.75 Å². The van der Waals surface area contributed by atoms with Crippen LogP contribution >= 0.6 is 0 Å². The van der Waals surface area contributed by atoms with Gasteiger partial charge in [-0.3, -0.25) is 0 Å². The number of benzene rings is 3. The van der Waals surface area contributed by atoms with Crippen molar-refractivity contribution in [2.45, 2.75) is 31.6 Å². The second-order valence-corrected chi connectivity index (χ2v) is 8.35. The van der Waals surface area contributed by atoms with E-state index in [4.69, 9.17) is 4.74 Å². The zero-order chi connectivity index (χ0) is 20.4. The number of rotatable bonds is 9. The van der Waals surface area contributed by atoms with Crippen molar-refractivity contribution in [1.82, 2.24) is 4.90 Å². The third-order valence-electron chi connectivity index (χ3n) is 6.30. The Morgan fingerprint density at radius 1 is 0.700 bits per heavy atom. The van der Waals surface area contributed by atoms with Crippen LogP contribution in [0.5, 0.6) is 5.75 Å². The lowest BCUT2D eigenvalue weighted by atomic mass is 9.76. The van der Waals surface area contributed by atoms with Gasteiger partial charge in [-0.1, -0.05) is 78.9 Å². The van der Waals surface area contributed by atoms with Crippen LogP contribution in [0.15, 0.2) is 91.0 Å². The molecule has 3 aromatic carbocycles. The molecule has 0 unspecified atom stereocenters. The molecule has 1 fully saturated rings. The molecule has 0 N–H and O–H groups in total. The smallest absolute Gasteiger partial charge is 0.119 e. The van der Waals surface area contributed by atoms with Gasteiger partial charge in [-0.05, 0) is 74.5 Å². The van der Waals surface area contributed by atoms with Gasteiger partial charge in [0.15, 0.2) is 0 Å². The van der Waals surface area contributed by atoms with Gasteiger partial charge < -0.3 is 9.64 Å². The highest BCUT2D eigenvalue weighted by molar-refractivity contribution is 5.33. The Balaban J connectivity index is 1.25. The van der Waals surface area contributed by atoms with Gasteiger partial charge in [-0.15, -0.1) is 0 Å². The lowest BCUT2D eigenvalue weighted by Crippen LogP contribution is -2.36. The molecule has 1 aliphatic rings. The summed E-state index contributed by atoms with van der Waals surface area (Å²) in [6, 6.07) is 32.3. The maximum absolute atomic E-state index is 5.82. The number of unbranched alkanes of at least 4 members (excludes halogenated alkanes) is 1. The van der Waals surface area contributed by atoms with Crippen molar-refractivity contribution in [3.05, 3.63) is 102 Å². The first-order valence-corrected chi connectivity index (χ1v) is 11.4. The molecule has 0 saturated carbocycles. The van der Waals surface area contributed by atoms with E-state index in [0.717, 1.165) is 18.8 Å². The highest BCUT2D eigenvalue weighted by atomic mass is 16.5. The average molecular weight is 400 g/mol. The van der Waals surface area contributed by atoms with Crippen LogP contribution in [0.25, 0.3) is 0 Å². The molecule has 4 rings (SSSR count). The van der Waals surface area contributed by atoms with E-state index < -0.39 is 0 Å². The Morgan fingerprint density at radius 2 is 1.23 bits per heavy atom. The summed E-state index contributed by atoms with van der Waals surface area (Å²) in [7, 11) is 0. The van der Waals surface area contributed by atoms with Crippen LogP contribution in [0.1, 0.15) is 42.7 Å². The zero-order valence-electron chi connectivity index (χ0n) is 17.8. The summed E-state index contributed by atoms with van der Waals surface area (Å²) in [5.41, 5.74) is 2.92. The molecule has 0 spiro atoms. The molecule has 156 valence electrons. The van der Waals surface area contributed by atoms with E-state index in [9.17, 15) is 0 Å². The maximum atomic E-state index is 5.82. The first-order chi connectivity index (χ1) is 14.9. The SMILES string of the molecule is c1ccc(OCCCCN2CCC(C(c3ccccc3)c3ccccc3)CC2)cc1. The molecule has 0 bridgehead atoms. The van der Waals surface area contributed by atoms with Crippen LogP contribution in [0, 0.1) is 5.92 Å². The normalized spacial score (nSPS) is 15.4. The second-order valence-electron chi connectivity index (χ2n) is 8.35. The fraction of sp³-hybridized carbons (Fsp3) is 0.357. The number of hydrogen-bond donors (Lipinski definition) is 0. The highest BCUT2D eigenvalue weighted by Crippen LogP contribution is 2.37. The monoisotopic (exact) mass is 399 g/mol. The molecular weight excluding hydrogens is 366 g/mol. The summed E-state index contributed by atoms with van der Waals surface area (Å²) < 4.78 is 5.82. The van der Waals surface area contributed by atoms with Gasteiger partial charge in [-0.25, -0.2) is 0 Å². The molecule has 2 nitrogen and oxygen atoms in total. The van der Waals surface area contributed by atoms with Crippen molar-refractivity contribution in [3.63, 3.8) is 0 Å². The van der Waals surface area contributed by atoms with Crippen LogP contribution in [0.3, 0.4) is 0 Å². The maximum Gasteiger partial charge on any atom is 0.119 e. The van der Waals surface area contributed by atoms with E-state index in [1.807, 2.05) is 30.3 Å². The van der Waals surface area contributed by atoms with Gasteiger partial charge in [0.05, 0.1) is 6.61 Å². The Morgan fingerprint density at radius 3 is 1.80 bits per heavy atom. The lowest BCUT2D eigenvalue weighted by Gasteiger charge is -2.36. The Bertz CT molecular complexity index is 802. The number of nitrogens with zero attached hydrogens (tertiary/aromatic N) is 1. The number of hydrogen-bond acceptors (Lipinski definition) is 2. The van der Waals surface area contributed by atoms with Gasteiger partial charge in [0.2, 0.25) is 0 Å². The van der Waals surface area contributed by atoms with Gasteiger partial charge in [0.25, 0.3) is 0 Å². The van der Waals surface area contributed by atoms with Gasteiger partial charge in [0, 0.05) is 5.92 Å². The minimum absolute atomic E-state index is 0.508. The number of ether oxygens (including phenoxy) is 1. The summed E-state index contributed by atoms with van der Waals surface area (Å²) in [6.45, 7) is 4.41. The van der Waals surface area contributed by atoms with Crippen LogP contribution in [-0.4, -0.2) is 31.1 Å². The largest absolute Gasteiger partial charge is 0.494 e. The van der Waals surface area contributed by atoms with Crippen LogP contribution in [0.2, 0.25) is 0 Å². The summed E-state index contributed by atoms with van der Waals surface area (Å²) in [6.07, 6.45) is 4.87. The molecule has 3 aromatic rings. The molecule has 2 heteroatoms. The first kappa shape index (κ1) is 20.7. The number of piperidine rings is 1. The van der Waals surface area contributed by atoms with E-state index in [2.05, 4.69) is 65.6 Å². The van der Waals surface area contributed by atoms with E-state index in [-0.39, 0.29) is 0 Å². The molecule has 0 radical (unpaired) electrons. The van der Waals surface area contributed by atoms with E-state index in [0.29, 0.717) is 11.8 Å².